The topological polar surface area (TPSA) is 56.1 Å². The van der Waals surface area contributed by atoms with Crippen LogP contribution in [-0.4, -0.2) is 21.9 Å². The predicted molar refractivity (Wildman–Crippen MR) is 95.3 cm³/mol. The molecule has 2 aromatic carbocycles. The molecule has 29 heavy (non-hydrogen) atoms. The summed E-state index contributed by atoms with van der Waals surface area (Å²) in [6, 6.07) is 13.6. The van der Waals surface area contributed by atoms with E-state index in [9.17, 15) is 22.4 Å². The number of hydrogen-bond acceptors (Lipinski definition) is 3. The van der Waals surface area contributed by atoms with E-state index in [2.05, 4.69) is 10.4 Å². The van der Waals surface area contributed by atoms with E-state index in [4.69, 9.17) is 4.74 Å². The molecule has 5 nitrogen and oxygen atoms in total. The second kappa shape index (κ2) is 7.23. The summed E-state index contributed by atoms with van der Waals surface area (Å²) >= 11 is 0. The smallest absolute Gasteiger partial charge is 0.406 e. The van der Waals surface area contributed by atoms with Gasteiger partial charge >= 0.3 is 12.3 Å². The number of nitrogens with one attached hydrogen (secondary N) is 1. The number of alkyl halides is 3. The van der Waals surface area contributed by atoms with Crippen molar-refractivity contribution in [2.75, 3.05) is 0 Å². The van der Waals surface area contributed by atoms with E-state index in [0.717, 1.165) is 36.0 Å². The van der Waals surface area contributed by atoms with E-state index in [0.29, 0.717) is 11.1 Å². The lowest BCUT2D eigenvalue weighted by Crippen LogP contribution is -2.30. The Balaban J connectivity index is 1.50. The molecule has 0 bridgehead atoms. The van der Waals surface area contributed by atoms with Crippen LogP contribution in [-0.2, 0) is 6.18 Å². The number of halogens is 4. The zero-order chi connectivity index (χ0) is 20.6. The van der Waals surface area contributed by atoms with Crippen LogP contribution in [0.15, 0.2) is 60.8 Å². The molecule has 1 heterocycles. The van der Waals surface area contributed by atoms with Crippen LogP contribution in [0, 0.1) is 5.82 Å². The molecule has 1 fully saturated rings. The number of aromatic nitrogens is 2. The Labute approximate surface area is 162 Å². The zero-order valence-corrected chi connectivity index (χ0v) is 14.9. The highest BCUT2D eigenvalue weighted by molar-refractivity contribution is 5.72. The van der Waals surface area contributed by atoms with Crippen LogP contribution in [0.5, 0.6) is 5.75 Å². The molecule has 1 saturated carbocycles. The first-order valence-electron chi connectivity index (χ1n) is 8.77. The van der Waals surface area contributed by atoms with Crippen molar-refractivity contribution in [1.82, 2.24) is 15.1 Å². The largest absolute Gasteiger partial charge is 0.437 e. The van der Waals surface area contributed by atoms with Crippen LogP contribution < -0.4 is 10.1 Å². The number of rotatable bonds is 4. The van der Waals surface area contributed by atoms with Gasteiger partial charge in [-0.2, -0.15) is 18.3 Å². The highest BCUT2D eigenvalue weighted by Crippen LogP contribution is 2.41. The van der Waals surface area contributed by atoms with Crippen molar-refractivity contribution in [2.24, 2.45) is 0 Å². The first-order chi connectivity index (χ1) is 13.8. The third kappa shape index (κ3) is 4.08. The molecule has 2 unspecified atom stereocenters. The van der Waals surface area contributed by atoms with Crippen LogP contribution in [0.1, 0.15) is 23.6 Å². The molecular formula is C20H15F4N3O2. The summed E-state index contributed by atoms with van der Waals surface area (Å²) in [6.07, 6.45) is -4.34. The molecule has 4 rings (SSSR count). The maximum absolute atomic E-state index is 13.6. The summed E-state index contributed by atoms with van der Waals surface area (Å²) in [7, 11) is 0. The van der Waals surface area contributed by atoms with Crippen molar-refractivity contribution >= 4 is 6.09 Å². The lowest BCUT2D eigenvalue weighted by atomic mass is 10.1. The number of carbonyl (C=O) groups is 1. The molecule has 0 spiro atoms. The van der Waals surface area contributed by atoms with Crippen LogP contribution in [0.3, 0.4) is 0 Å². The summed E-state index contributed by atoms with van der Waals surface area (Å²) in [5.41, 5.74) is -0.229. The fraction of sp³-hybridized carbons (Fsp3) is 0.200. The van der Waals surface area contributed by atoms with Gasteiger partial charge in [-0.05, 0) is 36.2 Å². The van der Waals surface area contributed by atoms with Gasteiger partial charge in [0.1, 0.15) is 5.82 Å². The minimum absolute atomic E-state index is 0.0136. The van der Waals surface area contributed by atoms with E-state index in [1.807, 2.05) is 30.3 Å². The molecular weight excluding hydrogens is 390 g/mol. The van der Waals surface area contributed by atoms with Gasteiger partial charge in [0.25, 0.3) is 0 Å². The molecule has 150 valence electrons. The number of ether oxygens (including phenoxy) is 1. The Kier molecular flexibility index (Phi) is 4.73. The first kappa shape index (κ1) is 19.0. The molecule has 0 radical (unpaired) electrons. The Bertz CT molecular complexity index is 1020. The Morgan fingerprint density at radius 1 is 1.10 bits per heavy atom. The van der Waals surface area contributed by atoms with Crippen molar-refractivity contribution in [3.8, 4) is 11.4 Å². The van der Waals surface area contributed by atoms with E-state index < -0.39 is 29.5 Å². The fourth-order valence-electron chi connectivity index (χ4n) is 3.15. The second-order valence-corrected chi connectivity index (χ2v) is 6.64. The van der Waals surface area contributed by atoms with Gasteiger partial charge in [0.05, 0.1) is 11.9 Å². The van der Waals surface area contributed by atoms with Gasteiger partial charge in [-0.15, -0.1) is 0 Å². The number of benzene rings is 2. The maximum Gasteiger partial charge on any atom is 0.437 e. The predicted octanol–water partition coefficient (Wildman–Crippen LogP) is 4.67. The van der Waals surface area contributed by atoms with Gasteiger partial charge in [-0.25, -0.2) is 13.9 Å². The minimum atomic E-state index is -4.84. The summed E-state index contributed by atoms with van der Waals surface area (Å²) < 4.78 is 59.2. The lowest BCUT2D eigenvalue weighted by molar-refractivity contribution is -0.143. The Hall–Kier alpha value is -3.36. The molecule has 1 N–H and O–H groups in total. The van der Waals surface area contributed by atoms with Crippen molar-refractivity contribution in [1.29, 1.82) is 0 Å². The van der Waals surface area contributed by atoms with Gasteiger partial charge < -0.3 is 10.1 Å². The van der Waals surface area contributed by atoms with Crippen molar-refractivity contribution < 1.29 is 27.1 Å². The molecule has 1 aliphatic rings. The molecule has 0 saturated heterocycles. The van der Waals surface area contributed by atoms with Crippen molar-refractivity contribution in [2.45, 2.75) is 24.6 Å². The molecule has 1 amide bonds. The minimum Gasteiger partial charge on any atom is -0.406 e. The Morgan fingerprint density at radius 3 is 2.45 bits per heavy atom. The molecule has 0 aliphatic heterocycles. The molecule has 2 atom stereocenters. The highest BCUT2D eigenvalue weighted by atomic mass is 19.4. The summed E-state index contributed by atoms with van der Waals surface area (Å²) in [5, 5.41) is 6.23. The summed E-state index contributed by atoms with van der Waals surface area (Å²) in [4.78, 5) is 12.1. The van der Waals surface area contributed by atoms with Gasteiger partial charge in [0.15, 0.2) is 11.4 Å². The number of carbonyl (C=O) groups excluding carboxylic acids is 1. The van der Waals surface area contributed by atoms with Gasteiger partial charge in [0, 0.05) is 12.0 Å². The first-order valence-corrected chi connectivity index (χ1v) is 8.77. The fourth-order valence-corrected chi connectivity index (χ4v) is 3.15. The number of hydrogen-bond donors (Lipinski definition) is 1. The standard InChI is InChI=1S/C20H15F4N3O2/c21-13-6-8-14(9-7-13)27-18(20(22,23)24)17(11-25-27)29-19(28)26-16-10-15(16)12-4-2-1-3-5-12/h1-9,11,15-16H,10H2,(H,26,28). The van der Waals surface area contributed by atoms with E-state index in [1.165, 1.54) is 0 Å². The average Bonchev–Trinajstić information content (AvgIpc) is 3.30. The van der Waals surface area contributed by atoms with Crippen LogP contribution in [0.4, 0.5) is 22.4 Å². The van der Waals surface area contributed by atoms with Crippen molar-refractivity contribution in [3.05, 3.63) is 77.9 Å². The average molecular weight is 405 g/mol. The summed E-state index contributed by atoms with van der Waals surface area (Å²) in [5.74, 6) is -1.22. The molecule has 1 aliphatic carbocycles. The lowest BCUT2D eigenvalue weighted by Gasteiger charge is -2.13. The van der Waals surface area contributed by atoms with Crippen LogP contribution in [0.25, 0.3) is 5.69 Å². The third-order valence-corrected chi connectivity index (χ3v) is 4.60. The third-order valence-electron chi connectivity index (χ3n) is 4.60. The van der Waals surface area contributed by atoms with Gasteiger partial charge in [0.2, 0.25) is 0 Å². The van der Waals surface area contributed by atoms with E-state index in [1.54, 1.807) is 0 Å². The number of amides is 1. The maximum atomic E-state index is 13.6. The number of nitrogens with zero attached hydrogens (tertiary/aromatic N) is 2. The molecule has 3 aromatic rings. The monoisotopic (exact) mass is 405 g/mol. The van der Waals surface area contributed by atoms with Crippen LogP contribution >= 0.6 is 0 Å². The van der Waals surface area contributed by atoms with Crippen molar-refractivity contribution in [3.63, 3.8) is 0 Å². The Morgan fingerprint density at radius 2 is 1.79 bits per heavy atom. The summed E-state index contributed by atoms with van der Waals surface area (Å²) in [6.45, 7) is 0. The van der Waals surface area contributed by atoms with E-state index >= 15 is 0 Å². The normalized spacial score (nSPS) is 18.3. The van der Waals surface area contributed by atoms with Crippen LogP contribution in [0.2, 0.25) is 0 Å². The quantitative estimate of drug-likeness (QED) is 0.642. The van der Waals surface area contributed by atoms with Gasteiger partial charge in [-0.1, -0.05) is 30.3 Å². The molecule has 9 heteroatoms. The highest BCUT2D eigenvalue weighted by Gasteiger charge is 2.42. The van der Waals surface area contributed by atoms with Gasteiger partial charge in [-0.3, -0.25) is 0 Å². The zero-order valence-electron chi connectivity index (χ0n) is 14.9. The van der Waals surface area contributed by atoms with E-state index in [-0.39, 0.29) is 17.6 Å². The second-order valence-electron chi connectivity index (χ2n) is 6.64. The SMILES string of the molecule is O=C(NC1CC1c1ccccc1)Oc1cnn(-c2ccc(F)cc2)c1C(F)(F)F. The molecule has 1 aromatic heterocycles.